The van der Waals surface area contributed by atoms with Crippen LogP contribution < -0.4 is 10.2 Å². The summed E-state index contributed by atoms with van der Waals surface area (Å²) in [6, 6.07) is 1.49. The predicted octanol–water partition coefficient (Wildman–Crippen LogP) is 1.36. The van der Waals surface area contributed by atoms with Crippen LogP contribution in [0.15, 0.2) is 16.7 Å². The first-order valence-corrected chi connectivity index (χ1v) is 6.47. The highest BCUT2D eigenvalue weighted by Gasteiger charge is 2.19. The third-order valence-electron chi connectivity index (χ3n) is 2.67. The maximum atomic E-state index is 11.5. The quantitative estimate of drug-likeness (QED) is 0.852. The minimum Gasteiger partial charge on any atom is -0.478 e. The molecule has 0 spiro atoms. The van der Waals surface area contributed by atoms with Gasteiger partial charge in [-0.1, -0.05) is 6.92 Å². The van der Waals surface area contributed by atoms with Crippen LogP contribution in [0.3, 0.4) is 0 Å². The Balaban J connectivity index is 2.96. The Labute approximate surface area is 120 Å². The van der Waals surface area contributed by atoms with Crippen LogP contribution >= 0.6 is 15.9 Å². The molecule has 0 aliphatic heterocycles. The number of rotatable bonds is 5. The van der Waals surface area contributed by atoms with Gasteiger partial charge in [-0.25, -0.2) is 9.78 Å². The van der Waals surface area contributed by atoms with Crippen molar-refractivity contribution in [2.45, 2.75) is 6.92 Å². The summed E-state index contributed by atoms with van der Waals surface area (Å²) in [7, 11) is 3.28. The lowest BCUT2D eigenvalue weighted by Gasteiger charge is -2.23. The smallest absolute Gasteiger partial charge is 0.339 e. The first-order chi connectivity index (χ1) is 8.86. The van der Waals surface area contributed by atoms with E-state index in [0.29, 0.717) is 16.8 Å². The second-order valence-corrected chi connectivity index (χ2v) is 5.14. The number of hydrogen-bond donors (Lipinski definition) is 2. The van der Waals surface area contributed by atoms with E-state index in [9.17, 15) is 9.59 Å². The number of carbonyl (C=O) groups excluding carboxylic acids is 1. The Morgan fingerprint density at radius 1 is 1.58 bits per heavy atom. The van der Waals surface area contributed by atoms with Crippen molar-refractivity contribution in [3.63, 3.8) is 0 Å². The van der Waals surface area contributed by atoms with Crippen LogP contribution in [0.25, 0.3) is 0 Å². The van der Waals surface area contributed by atoms with Gasteiger partial charge in [0.05, 0.1) is 5.92 Å². The first-order valence-electron chi connectivity index (χ1n) is 5.68. The lowest BCUT2D eigenvalue weighted by atomic mass is 10.1. The molecule has 0 aromatic carbocycles. The molecule has 7 heteroatoms. The zero-order valence-corrected chi connectivity index (χ0v) is 12.6. The summed E-state index contributed by atoms with van der Waals surface area (Å²) in [5, 5.41) is 11.7. The second-order valence-electron chi connectivity index (χ2n) is 4.23. The van der Waals surface area contributed by atoms with Crippen LogP contribution in [0.1, 0.15) is 17.3 Å². The first kappa shape index (κ1) is 15.4. The molecule has 0 bridgehead atoms. The maximum absolute atomic E-state index is 11.5. The highest BCUT2D eigenvalue weighted by Crippen LogP contribution is 2.21. The highest BCUT2D eigenvalue weighted by atomic mass is 79.9. The van der Waals surface area contributed by atoms with Crippen molar-refractivity contribution in [3.8, 4) is 0 Å². The van der Waals surface area contributed by atoms with E-state index >= 15 is 0 Å². The van der Waals surface area contributed by atoms with Gasteiger partial charge in [0.25, 0.3) is 0 Å². The molecule has 0 fully saturated rings. The van der Waals surface area contributed by atoms with E-state index in [1.54, 1.807) is 25.9 Å². The molecule has 0 aliphatic carbocycles. The van der Waals surface area contributed by atoms with Gasteiger partial charge in [0.1, 0.15) is 11.4 Å². The summed E-state index contributed by atoms with van der Waals surface area (Å²) in [5.41, 5.74) is 0.0981. The van der Waals surface area contributed by atoms with Gasteiger partial charge in [-0.3, -0.25) is 4.79 Å². The van der Waals surface area contributed by atoms with Crippen molar-refractivity contribution in [2.24, 2.45) is 5.92 Å². The average Bonchev–Trinajstić information content (AvgIpc) is 2.37. The third kappa shape index (κ3) is 3.92. The number of carbonyl (C=O) groups is 2. The van der Waals surface area contributed by atoms with Crippen LogP contribution in [0.2, 0.25) is 0 Å². The number of carboxylic acid groups (broad SMARTS) is 1. The van der Waals surface area contributed by atoms with Crippen molar-refractivity contribution < 1.29 is 14.7 Å². The lowest BCUT2D eigenvalue weighted by molar-refractivity contribution is -0.123. The fourth-order valence-corrected chi connectivity index (χ4v) is 2.05. The van der Waals surface area contributed by atoms with E-state index in [4.69, 9.17) is 5.11 Å². The number of carboxylic acids is 1. The van der Waals surface area contributed by atoms with Crippen LogP contribution in [-0.4, -0.2) is 42.6 Å². The molecule has 6 nitrogen and oxygen atoms in total. The number of nitrogens with zero attached hydrogens (tertiary/aromatic N) is 2. The summed E-state index contributed by atoms with van der Waals surface area (Å²) in [4.78, 5) is 28.4. The fourth-order valence-electron chi connectivity index (χ4n) is 1.72. The van der Waals surface area contributed by atoms with Crippen LogP contribution in [0.5, 0.6) is 0 Å². The van der Waals surface area contributed by atoms with Gasteiger partial charge >= 0.3 is 5.97 Å². The summed E-state index contributed by atoms with van der Waals surface area (Å²) in [6.07, 6.45) is 1.53. The zero-order chi connectivity index (χ0) is 14.6. The van der Waals surface area contributed by atoms with Crippen molar-refractivity contribution in [2.75, 3.05) is 25.5 Å². The highest BCUT2D eigenvalue weighted by molar-refractivity contribution is 9.10. The van der Waals surface area contributed by atoms with Crippen LogP contribution in [0.4, 0.5) is 5.82 Å². The van der Waals surface area contributed by atoms with E-state index in [1.165, 1.54) is 12.3 Å². The van der Waals surface area contributed by atoms with E-state index in [1.807, 2.05) is 0 Å². The number of nitrogens with one attached hydrogen (secondary N) is 1. The van der Waals surface area contributed by atoms with E-state index in [-0.39, 0.29) is 17.4 Å². The average molecular weight is 330 g/mol. The molecular weight excluding hydrogens is 314 g/mol. The molecule has 1 atom stereocenters. The van der Waals surface area contributed by atoms with Crippen molar-refractivity contribution in [3.05, 3.63) is 22.3 Å². The number of aromatic nitrogens is 1. The molecule has 1 aromatic heterocycles. The van der Waals surface area contributed by atoms with Gasteiger partial charge in [-0.2, -0.15) is 0 Å². The summed E-state index contributed by atoms with van der Waals surface area (Å²) in [6.45, 7) is 2.16. The van der Waals surface area contributed by atoms with E-state index in [0.717, 1.165) is 0 Å². The van der Waals surface area contributed by atoms with Crippen molar-refractivity contribution in [1.29, 1.82) is 0 Å². The Kier molecular flexibility index (Phi) is 5.29. The molecule has 1 heterocycles. The van der Waals surface area contributed by atoms with Gasteiger partial charge in [0.2, 0.25) is 5.91 Å². The Morgan fingerprint density at radius 3 is 2.74 bits per heavy atom. The largest absolute Gasteiger partial charge is 0.478 e. The fraction of sp³-hybridized carbons (Fsp3) is 0.417. The third-order valence-corrected chi connectivity index (χ3v) is 3.10. The van der Waals surface area contributed by atoms with E-state index in [2.05, 4.69) is 26.2 Å². The standard InChI is InChI=1S/C12H16BrN3O3/c1-7(11(17)14-2)6-16(3)10-9(12(18)19)4-8(13)5-15-10/h4-5,7H,6H2,1-3H3,(H,14,17)(H,18,19). The summed E-state index contributed by atoms with van der Waals surface area (Å²) < 4.78 is 0.599. The molecular formula is C12H16BrN3O3. The molecule has 104 valence electrons. The predicted molar refractivity (Wildman–Crippen MR) is 75.4 cm³/mol. The lowest BCUT2D eigenvalue weighted by Crippen LogP contribution is -2.35. The van der Waals surface area contributed by atoms with Crippen molar-refractivity contribution in [1.82, 2.24) is 10.3 Å². The SMILES string of the molecule is CNC(=O)C(C)CN(C)c1ncc(Br)cc1C(=O)O. The van der Waals surface area contributed by atoms with Gasteiger partial charge < -0.3 is 15.3 Å². The number of halogens is 1. The topological polar surface area (TPSA) is 82.5 Å². The minimum atomic E-state index is -1.05. The Hall–Kier alpha value is -1.63. The molecule has 0 saturated heterocycles. The van der Waals surface area contributed by atoms with Gasteiger partial charge in [0, 0.05) is 31.3 Å². The summed E-state index contributed by atoms with van der Waals surface area (Å²) in [5.74, 6) is -1.07. The molecule has 2 N–H and O–H groups in total. The van der Waals surface area contributed by atoms with Gasteiger partial charge in [0.15, 0.2) is 0 Å². The molecule has 0 aliphatic rings. The Bertz CT molecular complexity index is 493. The number of hydrogen-bond acceptors (Lipinski definition) is 4. The zero-order valence-electron chi connectivity index (χ0n) is 11.0. The summed E-state index contributed by atoms with van der Waals surface area (Å²) >= 11 is 3.19. The normalized spacial score (nSPS) is 11.8. The number of anilines is 1. The molecule has 1 unspecified atom stereocenters. The monoisotopic (exact) mass is 329 g/mol. The van der Waals surface area contributed by atoms with Crippen LogP contribution in [0, 0.1) is 5.92 Å². The molecule has 1 amide bonds. The minimum absolute atomic E-state index is 0.0964. The number of amides is 1. The van der Waals surface area contributed by atoms with Crippen molar-refractivity contribution >= 4 is 33.6 Å². The molecule has 0 radical (unpaired) electrons. The number of aromatic carboxylic acids is 1. The molecule has 1 aromatic rings. The molecule has 19 heavy (non-hydrogen) atoms. The van der Waals surface area contributed by atoms with E-state index < -0.39 is 5.97 Å². The number of pyridine rings is 1. The maximum Gasteiger partial charge on any atom is 0.339 e. The Morgan fingerprint density at radius 2 is 2.21 bits per heavy atom. The second kappa shape index (κ2) is 6.51. The molecule has 1 rings (SSSR count). The van der Waals surface area contributed by atoms with Gasteiger partial charge in [-0.15, -0.1) is 0 Å². The molecule has 0 saturated carbocycles. The van der Waals surface area contributed by atoms with Gasteiger partial charge in [-0.05, 0) is 22.0 Å². The van der Waals surface area contributed by atoms with Crippen LogP contribution in [-0.2, 0) is 4.79 Å².